The van der Waals surface area contributed by atoms with E-state index >= 15 is 0 Å². The maximum absolute atomic E-state index is 12.8. The maximum Gasteiger partial charge on any atom is 0.328 e. The summed E-state index contributed by atoms with van der Waals surface area (Å²) in [5, 5.41) is 24.6. The number of unbranched alkanes of at least 4 members (excludes halogenated alkanes) is 1. The Morgan fingerprint density at radius 1 is 0.730 bits per heavy atom. The van der Waals surface area contributed by atoms with Crippen molar-refractivity contribution in [3.8, 4) is 0 Å². The zero-order chi connectivity index (χ0) is 28.5. The average molecular weight is 534 g/mol. The van der Waals surface area contributed by atoms with Crippen LogP contribution in [-0.2, 0) is 43.0 Å². The van der Waals surface area contributed by atoms with Crippen LogP contribution in [0.4, 0.5) is 0 Å². The summed E-state index contributed by atoms with van der Waals surface area (Å²) in [5.41, 5.74) is 11.2. The summed E-state index contributed by atoms with van der Waals surface area (Å²) < 4.78 is 9.06. The lowest BCUT2D eigenvalue weighted by Crippen LogP contribution is -2.55. The fraction of sp³-hybridized carbons (Fsp3) is 0.667. The van der Waals surface area contributed by atoms with Crippen LogP contribution in [0.5, 0.6) is 0 Å². The van der Waals surface area contributed by atoms with E-state index in [1.54, 1.807) is 0 Å². The number of ether oxygens (including phenoxy) is 2. The summed E-state index contributed by atoms with van der Waals surface area (Å²) in [5.74, 6) is -6.50. The molecular weight excluding hydrogens is 498 g/mol. The number of carboxylic acid groups (broad SMARTS) is 2. The Bertz CT molecular complexity index is 836. The number of amides is 3. The van der Waals surface area contributed by atoms with Crippen LogP contribution >= 0.6 is 0 Å². The van der Waals surface area contributed by atoms with Gasteiger partial charge in [-0.3, -0.25) is 28.8 Å². The molecule has 0 heterocycles. The van der Waals surface area contributed by atoms with Crippen molar-refractivity contribution in [1.82, 2.24) is 16.0 Å². The van der Waals surface area contributed by atoms with Crippen LogP contribution in [0.15, 0.2) is 0 Å². The highest BCUT2D eigenvalue weighted by Gasteiger charge is 2.30. The summed E-state index contributed by atoms with van der Waals surface area (Å²) in [6, 6.07) is -5.14. The monoisotopic (exact) mass is 533 g/mol. The molecule has 0 spiro atoms. The van der Waals surface area contributed by atoms with Gasteiger partial charge in [0.1, 0.15) is 12.1 Å². The molecule has 3 amide bonds. The number of nitrogens with two attached hydrogens (primary N) is 2. The molecule has 0 radical (unpaired) electrons. The number of rotatable bonds is 18. The van der Waals surface area contributed by atoms with Crippen molar-refractivity contribution >= 4 is 41.6 Å². The van der Waals surface area contributed by atoms with E-state index in [1.165, 1.54) is 0 Å². The first-order chi connectivity index (χ1) is 17.3. The maximum atomic E-state index is 12.8. The zero-order valence-electron chi connectivity index (χ0n) is 20.7. The number of carboxylic acids is 2. The topological polar surface area (TPSA) is 267 Å². The molecule has 4 unspecified atom stereocenters. The minimum atomic E-state index is -1.45. The number of carbonyl (C=O) groups excluding carboxylic acids is 5. The predicted octanol–water partition coefficient (Wildman–Crippen LogP) is -3.03. The normalized spacial score (nSPS) is 13.7. The van der Waals surface area contributed by atoms with Crippen molar-refractivity contribution in [2.75, 3.05) is 20.8 Å². The first-order valence-electron chi connectivity index (χ1n) is 11.3. The molecule has 0 saturated carbocycles. The van der Waals surface area contributed by atoms with E-state index < -0.39 is 78.6 Å². The third-order valence-corrected chi connectivity index (χ3v) is 4.99. The quantitative estimate of drug-likeness (QED) is 0.0683. The number of esters is 2. The molecule has 0 bridgehead atoms. The van der Waals surface area contributed by atoms with Gasteiger partial charge in [0.2, 0.25) is 17.7 Å². The second kappa shape index (κ2) is 17.6. The van der Waals surface area contributed by atoms with Gasteiger partial charge >= 0.3 is 23.9 Å². The number of carbonyl (C=O) groups is 7. The van der Waals surface area contributed by atoms with Crippen LogP contribution in [0.2, 0.25) is 0 Å². The van der Waals surface area contributed by atoms with Crippen LogP contribution in [0, 0.1) is 0 Å². The van der Waals surface area contributed by atoms with Crippen molar-refractivity contribution in [1.29, 1.82) is 0 Å². The smallest absolute Gasteiger partial charge is 0.328 e. The molecule has 0 aromatic heterocycles. The number of methoxy groups -OCH3 is 2. The van der Waals surface area contributed by atoms with Crippen LogP contribution < -0.4 is 27.4 Å². The van der Waals surface area contributed by atoms with E-state index in [-0.39, 0.29) is 32.2 Å². The van der Waals surface area contributed by atoms with Crippen molar-refractivity contribution in [3.63, 3.8) is 0 Å². The molecule has 0 saturated heterocycles. The van der Waals surface area contributed by atoms with E-state index in [1.807, 2.05) is 0 Å². The second-order valence-corrected chi connectivity index (χ2v) is 7.96. The van der Waals surface area contributed by atoms with Gasteiger partial charge in [0.15, 0.2) is 0 Å². The van der Waals surface area contributed by atoms with E-state index in [0.29, 0.717) is 6.42 Å². The molecule has 0 aliphatic rings. The molecular formula is C21H35N5O11. The van der Waals surface area contributed by atoms with Gasteiger partial charge in [0, 0.05) is 13.0 Å². The van der Waals surface area contributed by atoms with Gasteiger partial charge in [-0.2, -0.15) is 0 Å². The van der Waals surface area contributed by atoms with Crippen molar-refractivity contribution in [2.24, 2.45) is 11.5 Å². The fourth-order valence-corrected chi connectivity index (χ4v) is 2.91. The van der Waals surface area contributed by atoms with Crippen LogP contribution in [0.25, 0.3) is 0 Å². The third kappa shape index (κ3) is 14.4. The van der Waals surface area contributed by atoms with Crippen molar-refractivity contribution in [3.05, 3.63) is 0 Å². The highest BCUT2D eigenvalue weighted by Crippen LogP contribution is 2.06. The Morgan fingerprint density at radius 3 is 1.89 bits per heavy atom. The average Bonchev–Trinajstić information content (AvgIpc) is 2.84. The van der Waals surface area contributed by atoms with Crippen molar-refractivity contribution < 1.29 is 53.2 Å². The second-order valence-electron chi connectivity index (χ2n) is 7.96. The number of nitrogens with one attached hydrogen (secondary N) is 3. The van der Waals surface area contributed by atoms with Crippen LogP contribution in [0.3, 0.4) is 0 Å². The summed E-state index contributed by atoms with van der Waals surface area (Å²) in [6.45, 7) is 0.132. The summed E-state index contributed by atoms with van der Waals surface area (Å²) in [6.07, 6.45) is -0.970. The molecule has 0 rings (SSSR count). The van der Waals surface area contributed by atoms with Crippen LogP contribution in [0.1, 0.15) is 44.9 Å². The summed E-state index contributed by atoms with van der Waals surface area (Å²) in [4.78, 5) is 82.0. The number of hydrogen-bond acceptors (Lipinski definition) is 11. The molecule has 4 atom stereocenters. The lowest BCUT2D eigenvalue weighted by atomic mass is 10.1. The third-order valence-electron chi connectivity index (χ3n) is 4.99. The first kappa shape index (κ1) is 33.2. The molecule has 16 heteroatoms. The first-order valence-corrected chi connectivity index (χ1v) is 11.3. The molecule has 0 aromatic carbocycles. The molecule has 0 aromatic rings. The van der Waals surface area contributed by atoms with Gasteiger partial charge in [-0.05, 0) is 25.7 Å². The summed E-state index contributed by atoms with van der Waals surface area (Å²) >= 11 is 0. The van der Waals surface area contributed by atoms with E-state index in [2.05, 4.69) is 25.4 Å². The molecule has 16 nitrogen and oxygen atoms in total. The minimum Gasteiger partial charge on any atom is -0.481 e. The van der Waals surface area contributed by atoms with Gasteiger partial charge < -0.3 is 47.1 Å². The Labute approximate surface area is 212 Å². The minimum absolute atomic E-state index is 0.00950. The van der Waals surface area contributed by atoms with Gasteiger partial charge in [-0.15, -0.1) is 0 Å². The summed E-state index contributed by atoms with van der Waals surface area (Å²) in [7, 11) is 2.13. The molecule has 9 N–H and O–H groups in total. The van der Waals surface area contributed by atoms with Gasteiger partial charge in [-0.1, -0.05) is 0 Å². The predicted molar refractivity (Wildman–Crippen MR) is 124 cm³/mol. The van der Waals surface area contributed by atoms with Gasteiger partial charge in [-0.25, -0.2) is 4.79 Å². The van der Waals surface area contributed by atoms with Gasteiger partial charge in [0.05, 0.1) is 39.1 Å². The fourth-order valence-electron chi connectivity index (χ4n) is 2.91. The number of aliphatic carboxylic acids is 2. The Balaban J connectivity index is 5.16. The molecule has 37 heavy (non-hydrogen) atoms. The van der Waals surface area contributed by atoms with E-state index in [9.17, 15) is 33.6 Å². The van der Waals surface area contributed by atoms with Crippen LogP contribution in [-0.4, -0.2) is 96.7 Å². The number of hydrogen-bond donors (Lipinski definition) is 7. The SMILES string of the molecule is COC(=O)CC(NC(=O)C(CCCCNC(=O)C(N)CCC(=O)O)NC(=O)C(N)CC(=O)O)C(=O)OC. The van der Waals surface area contributed by atoms with Crippen molar-refractivity contribution in [2.45, 2.75) is 69.1 Å². The molecule has 0 aliphatic carbocycles. The molecule has 0 fully saturated rings. The largest absolute Gasteiger partial charge is 0.481 e. The lowest BCUT2D eigenvalue weighted by Gasteiger charge is -2.23. The highest BCUT2D eigenvalue weighted by molar-refractivity contribution is 5.94. The molecule has 210 valence electrons. The zero-order valence-corrected chi connectivity index (χ0v) is 20.7. The molecule has 0 aliphatic heterocycles. The Hall–Kier alpha value is -3.79. The Kier molecular flexibility index (Phi) is 15.8. The van der Waals surface area contributed by atoms with Gasteiger partial charge in [0.25, 0.3) is 0 Å². The Morgan fingerprint density at radius 2 is 1.35 bits per heavy atom. The van der Waals surface area contributed by atoms with E-state index in [0.717, 1.165) is 14.2 Å². The lowest BCUT2D eigenvalue weighted by molar-refractivity contribution is -0.151. The highest BCUT2D eigenvalue weighted by atomic mass is 16.5. The standard InChI is InChI=1S/C21H35N5O11/c1-36-17(31)10-14(21(35)37-2)26-20(34)13(25-19(33)12(23)9-16(29)30)5-3-4-8-24-18(32)11(22)6-7-15(27)28/h11-14H,3-10,22-23H2,1-2H3,(H,24,32)(H,25,33)(H,26,34)(H,27,28)(H,29,30). The van der Waals surface area contributed by atoms with E-state index in [4.69, 9.17) is 21.7 Å².